The number of carbonyl (C=O) groups is 3. The van der Waals surface area contributed by atoms with Crippen LogP contribution in [0, 0.1) is 17.8 Å². The van der Waals surface area contributed by atoms with Crippen molar-refractivity contribution < 1.29 is 19.1 Å². The third-order valence-corrected chi connectivity index (χ3v) is 8.01. The van der Waals surface area contributed by atoms with Gasteiger partial charge in [-0.15, -0.1) is 0 Å². The summed E-state index contributed by atoms with van der Waals surface area (Å²) in [6, 6.07) is 28.0. The van der Waals surface area contributed by atoms with Crippen molar-refractivity contribution in [2.75, 3.05) is 4.90 Å². The van der Waals surface area contributed by atoms with Gasteiger partial charge in [0.15, 0.2) is 0 Å². The summed E-state index contributed by atoms with van der Waals surface area (Å²) in [5.74, 6) is -3.57. The Hall–Kier alpha value is -4.22. The van der Waals surface area contributed by atoms with E-state index in [-0.39, 0.29) is 11.8 Å². The Morgan fingerprint density at radius 1 is 0.730 bits per heavy atom. The van der Waals surface area contributed by atoms with Crippen molar-refractivity contribution in [1.29, 1.82) is 0 Å². The second-order valence-corrected chi connectivity index (χ2v) is 10.1. The molecule has 0 aromatic heterocycles. The fourth-order valence-electron chi connectivity index (χ4n) is 6.13. The Morgan fingerprint density at radius 2 is 1.43 bits per heavy atom. The van der Waals surface area contributed by atoms with E-state index in [4.69, 9.17) is 16.3 Å². The fraction of sp³-hybridized carbons (Fsp3) is 0.129. The van der Waals surface area contributed by atoms with Crippen LogP contribution in [0.15, 0.2) is 97.1 Å². The number of halogens is 1. The minimum Gasteiger partial charge on any atom is -0.425 e. The molecule has 0 saturated carbocycles. The Bertz CT molecular complexity index is 1640. The number of rotatable bonds is 2. The first-order valence-electron chi connectivity index (χ1n) is 12.2. The average molecular weight is 506 g/mol. The van der Waals surface area contributed by atoms with Gasteiger partial charge in [0.2, 0.25) is 11.8 Å². The Balaban J connectivity index is 1.44. The van der Waals surface area contributed by atoms with E-state index >= 15 is 0 Å². The molecule has 180 valence electrons. The van der Waals surface area contributed by atoms with E-state index in [2.05, 4.69) is 0 Å². The van der Waals surface area contributed by atoms with Gasteiger partial charge < -0.3 is 4.74 Å². The lowest BCUT2D eigenvalue weighted by atomic mass is 9.64. The molecule has 6 heteroatoms. The van der Waals surface area contributed by atoms with Crippen molar-refractivity contribution in [2.45, 2.75) is 5.92 Å². The maximum atomic E-state index is 14.0. The van der Waals surface area contributed by atoms with Gasteiger partial charge in [-0.3, -0.25) is 14.4 Å². The average Bonchev–Trinajstić information content (AvgIpc) is 3.19. The SMILES string of the molecule is O=C1Oc2c(ccc3ccccc23)C2=C[C@H](c3ccccc3)[C@@H]3C(=O)N(c4ccc(Cl)cc4)C(=O)[C@H]3[C@@H]12. The van der Waals surface area contributed by atoms with Crippen molar-refractivity contribution in [3.05, 3.63) is 113 Å². The molecule has 2 aliphatic heterocycles. The molecule has 2 heterocycles. The second kappa shape index (κ2) is 8.15. The number of esters is 1. The lowest BCUT2D eigenvalue weighted by Crippen LogP contribution is -2.42. The monoisotopic (exact) mass is 505 g/mol. The predicted octanol–water partition coefficient (Wildman–Crippen LogP) is 6.02. The number of hydrogen-bond donors (Lipinski definition) is 0. The van der Waals surface area contributed by atoms with Crippen LogP contribution in [-0.4, -0.2) is 17.8 Å². The molecule has 37 heavy (non-hydrogen) atoms. The highest BCUT2D eigenvalue weighted by molar-refractivity contribution is 6.31. The van der Waals surface area contributed by atoms with E-state index in [0.717, 1.165) is 27.5 Å². The predicted molar refractivity (Wildman–Crippen MR) is 141 cm³/mol. The number of anilines is 1. The molecule has 7 rings (SSSR count). The van der Waals surface area contributed by atoms with Crippen LogP contribution in [0.4, 0.5) is 5.69 Å². The molecule has 4 aromatic rings. The molecule has 2 amide bonds. The van der Waals surface area contributed by atoms with Crippen LogP contribution in [0.3, 0.4) is 0 Å². The zero-order chi connectivity index (χ0) is 25.3. The van der Waals surface area contributed by atoms with Crippen LogP contribution in [0.25, 0.3) is 16.3 Å². The molecule has 4 atom stereocenters. The number of benzene rings is 4. The number of allylic oxidation sites excluding steroid dienone is 1. The summed E-state index contributed by atoms with van der Waals surface area (Å²) in [4.78, 5) is 42.7. The lowest BCUT2D eigenvalue weighted by Gasteiger charge is -2.38. The van der Waals surface area contributed by atoms with Gasteiger partial charge in [0, 0.05) is 21.9 Å². The van der Waals surface area contributed by atoms with E-state index < -0.39 is 29.6 Å². The summed E-state index contributed by atoms with van der Waals surface area (Å²) in [5.41, 5.74) is 2.89. The zero-order valence-corrected chi connectivity index (χ0v) is 20.3. The Labute approximate surface area is 217 Å². The summed E-state index contributed by atoms with van der Waals surface area (Å²) in [6.07, 6.45) is 2.01. The summed E-state index contributed by atoms with van der Waals surface area (Å²) in [5, 5.41) is 2.30. The molecule has 5 nitrogen and oxygen atoms in total. The van der Waals surface area contributed by atoms with Crippen molar-refractivity contribution in [2.24, 2.45) is 17.8 Å². The summed E-state index contributed by atoms with van der Waals surface area (Å²) in [7, 11) is 0. The van der Waals surface area contributed by atoms with Gasteiger partial charge in [-0.1, -0.05) is 84.4 Å². The van der Waals surface area contributed by atoms with E-state index in [9.17, 15) is 14.4 Å². The molecule has 0 spiro atoms. The van der Waals surface area contributed by atoms with Gasteiger partial charge in [0.1, 0.15) is 5.75 Å². The minimum absolute atomic E-state index is 0.321. The van der Waals surface area contributed by atoms with Gasteiger partial charge in [0.05, 0.1) is 23.4 Å². The van der Waals surface area contributed by atoms with Crippen molar-refractivity contribution >= 4 is 51.4 Å². The summed E-state index contributed by atoms with van der Waals surface area (Å²) < 4.78 is 5.92. The number of nitrogens with zero attached hydrogens (tertiary/aromatic N) is 1. The van der Waals surface area contributed by atoms with E-state index in [1.165, 1.54) is 4.90 Å². The Kier molecular flexibility index (Phi) is 4.85. The highest BCUT2D eigenvalue weighted by Crippen LogP contribution is 2.55. The third-order valence-electron chi connectivity index (χ3n) is 7.75. The standard InChI is InChI=1S/C31H20ClNO4/c32-19-11-13-20(14-12-19)33-29(34)25-23(17-6-2-1-3-7-17)16-24-22-15-10-18-8-4-5-9-21(18)28(22)37-31(36)26(24)27(25)30(33)35/h1-16,23,25-27H/t23-,25+,26+,27-/m1/s1. The molecule has 1 saturated heterocycles. The number of amides is 2. The zero-order valence-electron chi connectivity index (χ0n) is 19.5. The van der Waals surface area contributed by atoms with Gasteiger partial charge in [-0.05, 0) is 40.8 Å². The molecule has 4 aromatic carbocycles. The third kappa shape index (κ3) is 3.20. The van der Waals surface area contributed by atoms with Gasteiger partial charge in [-0.25, -0.2) is 4.90 Å². The van der Waals surface area contributed by atoms with E-state index in [0.29, 0.717) is 16.5 Å². The fourth-order valence-corrected chi connectivity index (χ4v) is 6.26. The van der Waals surface area contributed by atoms with Crippen LogP contribution >= 0.6 is 11.6 Å². The highest BCUT2D eigenvalue weighted by Gasteiger charge is 2.60. The van der Waals surface area contributed by atoms with Crippen LogP contribution in [0.2, 0.25) is 5.02 Å². The first-order valence-corrected chi connectivity index (χ1v) is 12.5. The topological polar surface area (TPSA) is 63.7 Å². The van der Waals surface area contributed by atoms with E-state index in [1.807, 2.05) is 72.8 Å². The normalized spacial score (nSPS) is 24.3. The number of imide groups is 1. The van der Waals surface area contributed by atoms with Gasteiger partial charge in [0.25, 0.3) is 0 Å². The molecular weight excluding hydrogens is 486 g/mol. The number of ether oxygens (including phenoxy) is 1. The first kappa shape index (κ1) is 22.0. The molecule has 0 radical (unpaired) electrons. The van der Waals surface area contributed by atoms with Crippen molar-refractivity contribution in [1.82, 2.24) is 0 Å². The largest absolute Gasteiger partial charge is 0.425 e. The molecule has 1 fully saturated rings. The van der Waals surface area contributed by atoms with Crippen molar-refractivity contribution in [3.8, 4) is 5.75 Å². The highest BCUT2D eigenvalue weighted by atomic mass is 35.5. The molecule has 3 aliphatic rings. The van der Waals surface area contributed by atoms with Crippen LogP contribution < -0.4 is 9.64 Å². The molecule has 0 N–H and O–H groups in total. The minimum atomic E-state index is -0.875. The lowest BCUT2D eigenvalue weighted by molar-refractivity contribution is -0.142. The van der Waals surface area contributed by atoms with Crippen LogP contribution in [-0.2, 0) is 14.4 Å². The van der Waals surface area contributed by atoms with E-state index in [1.54, 1.807) is 24.3 Å². The Morgan fingerprint density at radius 3 is 2.22 bits per heavy atom. The molecule has 1 aliphatic carbocycles. The number of hydrogen-bond acceptors (Lipinski definition) is 4. The maximum absolute atomic E-state index is 14.0. The summed E-state index contributed by atoms with van der Waals surface area (Å²) in [6.45, 7) is 0. The summed E-state index contributed by atoms with van der Waals surface area (Å²) >= 11 is 6.06. The second-order valence-electron chi connectivity index (χ2n) is 9.66. The quantitative estimate of drug-likeness (QED) is 0.190. The number of carbonyl (C=O) groups excluding carboxylic acids is 3. The van der Waals surface area contributed by atoms with Crippen LogP contribution in [0.1, 0.15) is 17.0 Å². The molecule has 0 unspecified atom stereocenters. The smallest absolute Gasteiger partial charge is 0.319 e. The first-order chi connectivity index (χ1) is 18.0. The number of fused-ring (bicyclic) bond motifs is 7. The van der Waals surface area contributed by atoms with Gasteiger partial charge in [-0.2, -0.15) is 0 Å². The van der Waals surface area contributed by atoms with Crippen LogP contribution in [0.5, 0.6) is 5.75 Å². The maximum Gasteiger partial charge on any atom is 0.319 e. The molecule has 0 bridgehead atoms. The molecular formula is C31H20ClNO4. The van der Waals surface area contributed by atoms with Crippen molar-refractivity contribution in [3.63, 3.8) is 0 Å². The van der Waals surface area contributed by atoms with Gasteiger partial charge >= 0.3 is 5.97 Å².